The summed E-state index contributed by atoms with van der Waals surface area (Å²) in [6.07, 6.45) is 6.16. The van der Waals surface area contributed by atoms with Gasteiger partial charge in [-0.25, -0.2) is 18.7 Å². The van der Waals surface area contributed by atoms with Crippen LogP contribution in [0.1, 0.15) is 12.8 Å². The molecule has 6 nitrogen and oxygen atoms in total. The van der Waals surface area contributed by atoms with Gasteiger partial charge in [0.2, 0.25) is 0 Å². The number of anilines is 1. The van der Waals surface area contributed by atoms with Gasteiger partial charge in [-0.1, -0.05) is 6.07 Å². The van der Waals surface area contributed by atoms with Crippen molar-refractivity contribution in [3.8, 4) is 5.75 Å². The van der Waals surface area contributed by atoms with Crippen LogP contribution in [0.25, 0.3) is 21.8 Å². The lowest BCUT2D eigenvalue weighted by molar-refractivity contribution is 0.128. The third-order valence-corrected chi connectivity index (χ3v) is 5.56. The molecule has 0 radical (unpaired) electrons. The molecule has 3 aromatic heterocycles. The fraction of sp³-hybridized carbons (Fsp3) is 0.318. The minimum absolute atomic E-state index is 0.0695. The highest BCUT2D eigenvalue weighted by atomic mass is 19.3. The maximum Gasteiger partial charge on any atom is 0.256 e. The van der Waals surface area contributed by atoms with Gasteiger partial charge in [-0.15, -0.1) is 0 Å². The van der Waals surface area contributed by atoms with E-state index in [1.54, 1.807) is 29.5 Å². The summed E-state index contributed by atoms with van der Waals surface area (Å²) in [6, 6.07) is 9.41. The van der Waals surface area contributed by atoms with Crippen LogP contribution in [-0.4, -0.2) is 45.1 Å². The van der Waals surface area contributed by atoms with Gasteiger partial charge in [-0.3, -0.25) is 4.98 Å². The van der Waals surface area contributed by atoms with Crippen molar-refractivity contribution in [3.63, 3.8) is 0 Å². The lowest BCUT2D eigenvalue weighted by atomic mass is 10.1. The van der Waals surface area contributed by atoms with Crippen LogP contribution in [0.3, 0.4) is 0 Å². The number of hydrogen-bond acceptors (Lipinski definition) is 5. The molecule has 1 aromatic carbocycles. The predicted molar refractivity (Wildman–Crippen MR) is 111 cm³/mol. The monoisotopic (exact) mass is 409 g/mol. The molecule has 154 valence electrons. The van der Waals surface area contributed by atoms with E-state index in [0.29, 0.717) is 0 Å². The number of piperidine rings is 1. The van der Waals surface area contributed by atoms with Crippen molar-refractivity contribution in [1.29, 1.82) is 0 Å². The van der Waals surface area contributed by atoms with E-state index in [1.165, 1.54) is 0 Å². The summed E-state index contributed by atoms with van der Waals surface area (Å²) in [5, 5.41) is 1.87. The van der Waals surface area contributed by atoms with Gasteiger partial charge in [-0.2, -0.15) is 0 Å². The van der Waals surface area contributed by atoms with E-state index >= 15 is 0 Å². The lowest BCUT2D eigenvalue weighted by Crippen LogP contribution is -2.38. The molecule has 0 atom stereocenters. The number of benzene rings is 1. The van der Waals surface area contributed by atoms with E-state index in [-0.39, 0.29) is 12.6 Å². The summed E-state index contributed by atoms with van der Waals surface area (Å²) in [4.78, 5) is 15.2. The van der Waals surface area contributed by atoms with Crippen molar-refractivity contribution >= 4 is 27.6 Å². The third-order valence-electron chi connectivity index (χ3n) is 5.56. The molecule has 0 amide bonds. The van der Waals surface area contributed by atoms with Crippen molar-refractivity contribution in [3.05, 3.63) is 55.2 Å². The van der Waals surface area contributed by atoms with Gasteiger partial charge >= 0.3 is 0 Å². The first-order chi connectivity index (χ1) is 14.7. The second kappa shape index (κ2) is 7.85. The number of nitrogens with zero attached hydrogens (tertiary/aromatic N) is 5. The molecule has 0 saturated carbocycles. The highest BCUT2D eigenvalue weighted by Gasteiger charge is 2.23. The Morgan fingerprint density at radius 3 is 2.77 bits per heavy atom. The first-order valence-corrected chi connectivity index (χ1v) is 10.0. The van der Waals surface area contributed by atoms with Gasteiger partial charge in [-0.05, 0) is 24.3 Å². The van der Waals surface area contributed by atoms with E-state index in [0.717, 1.165) is 59.3 Å². The molecule has 0 aliphatic carbocycles. The molecular formula is C22H21F2N5O. The Labute approximate surface area is 172 Å². The molecule has 0 bridgehead atoms. The van der Waals surface area contributed by atoms with Crippen molar-refractivity contribution < 1.29 is 13.5 Å². The van der Waals surface area contributed by atoms with Gasteiger partial charge in [0.15, 0.2) is 0 Å². The highest BCUT2D eigenvalue weighted by molar-refractivity contribution is 5.88. The number of ether oxygens (including phenoxy) is 1. The molecule has 4 heterocycles. The molecule has 1 saturated heterocycles. The topological polar surface area (TPSA) is 56.1 Å². The highest BCUT2D eigenvalue weighted by Crippen LogP contribution is 2.31. The number of halogens is 2. The number of aromatic nitrogens is 4. The molecule has 0 spiro atoms. The normalized spacial score (nSPS) is 15.4. The standard InChI is InChI=1S/C22H21F2N5O/c23-21(24)13-29-11-7-17-19(29)2-1-3-20(17)30-15-5-9-28(10-6-15)22-16-4-8-25-12-18(16)26-14-27-22/h1-4,7-8,11-12,14-15,21H,5-6,9-10,13H2. The van der Waals surface area contributed by atoms with Gasteiger partial charge in [0.25, 0.3) is 6.43 Å². The zero-order valence-corrected chi connectivity index (χ0v) is 16.3. The van der Waals surface area contributed by atoms with Gasteiger partial charge in [0.1, 0.15) is 24.0 Å². The second-order valence-electron chi connectivity index (χ2n) is 7.44. The Morgan fingerprint density at radius 1 is 1.07 bits per heavy atom. The van der Waals surface area contributed by atoms with Crippen LogP contribution in [0.5, 0.6) is 5.75 Å². The fourth-order valence-electron chi connectivity index (χ4n) is 4.12. The number of alkyl halides is 2. The van der Waals surface area contributed by atoms with Gasteiger partial charge in [0.05, 0.1) is 23.8 Å². The van der Waals surface area contributed by atoms with Crippen LogP contribution in [0.15, 0.2) is 55.2 Å². The SMILES string of the molecule is FC(F)Cn1ccc2c(OC3CCN(c4ncnc5cnccc45)CC3)cccc21. The van der Waals surface area contributed by atoms with Crippen molar-refractivity contribution in [2.45, 2.75) is 31.9 Å². The Balaban J connectivity index is 1.30. The summed E-state index contributed by atoms with van der Waals surface area (Å²) in [6.45, 7) is 1.33. The largest absolute Gasteiger partial charge is 0.490 e. The predicted octanol–water partition coefficient (Wildman–Crippen LogP) is 4.29. The average molecular weight is 409 g/mol. The Hall–Kier alpha value is -3.29. The van der Waals surface area contributed by atoms with E-state index < -0.39 is 6.43 Å². The van der Waals surface area contributed by atoms with E-state index in [1.807, 2.05) is 30.3 Å². The van der Waals surface area contributed by atoms with E-state index in [4.69, 9.17) is 4.74 Å². The van der Waals surface area contributed by atoms with Gasteiger partial charge in [0, 0.05) is 49.1 Å². The number of fused-ring (bicyclic) bond motifs is 2. The number of hydrogen-bond donors (Lipinski definition) is 0. The van der Waals surface area contributed by atoms with Crippen molar-refractivity contribution in [2.75, 3.05) is 18.0 Å². The van der Waals surface area contributed by atoms with Crippen LogP contribution >= 0.6 is 0 Å². The zero-order chi connectivity index (χ0) is 20.5. The molecule has 1 aliphatic heterocycles. The van der Waals surface area contributed by atoms with Crippen molar-refractivity contribution in [1.82, 2.24) is 19.5 Å². The lowest BCUT2D eigenvalue weighted by Gasteiger charge is -2.33. The molecule has 4 aromatic rings. The minimum Gasteiger partial charge on any atom is -0.490 e. The van der Waals surface area contributed by atoms with Gasteiger partial charge < -0.3 is 14.2 Å². The summed E-state index contributed by atoms with van der Waals surface area (Å²) in [5.74, 6) is 1.67. The van der Waals surface area contributed by atoms with E-state index in [9.17, 15) is 8.78 Å². The van der Waals surface area contributed by atoms with Crippen LogP contribution in [-0.2, 0) is 6.54 Å². The molecule has 0 N–H and O–H groups in total. The second-order valence-corrected chi connectivity index (χ2v) is 7.44. The Bertz CT molecular complexity index is 1170. The quantitative estimate of drug-likeness (QED) is 0.492. The zero-order valence-electron chi connectivity index (χ0n) is 16.3. The smallest absolute Gasteiger partial charge is 0.256 e. The van der Waals surface area contributed by atoms with Crippen LogP contribution in [0.2, 0.25) is 0 Å². The third kappa shape index (κ3) is 3.53. The number of rotatable bonds is 5. The van der Waals surface area contributed by atoms with E-state index in [2.05, 4.69) is 19.9 Å². The van der Waals surface area contributed by atoms with Crippen molar-refractivity contribution in [2.24, 2.45) is 0 Å². The molecule has 30 heavy (non-hydrogen) atoms. The van der Waals surface area contributed by atoms with Crippen LogP contribution in [0, 0.1) is 0 Å². The van der Waals surface area contributed by atoms with Crippen LogP contribution in [0.4, 0.5) is 14.6 Å². The summed E-state index contributed by atoms with van der Waals surface area (Å²) < 4.78 is 33.5. The molecule has 1 fully saturated rings. The first-order valence-electron chi connectivity index (χ1n) is 10.0. The maximum atomic E-state index is 12.8. The Kier molecular flexibility index (Phi) is 4.90. The number of pyridine rings is 1. The summed E-state index contributed by atoms with van der Waals surface area (Å²) in [7, 11) is 0. The summed E-state index contributed by atoms with van der Waals surface area (Å²) in [5.41, 5.74) is 1.60. The average Bonchev–Trinajstić information content (AvgIpc) is 3.17. The molecule has 0 unspecified atom stereocenters. The maximum absolute atomic E-state index is 12.8. The van der Waals surface area contributed by atoms with Crippen LogP contribution < -0.4 is 9.64 Å². The first kappa shape index (κ1) is 18.7. The molecule has 8 heteroatoms. The Morgan fingerprint density at radius 2 is 1.93 bits per heavy atom. The molecular weight excluding hydrogens is 388 g/mol. The molecule has 5 rings (SSSR count). The summed E-state index contributed by atoms with van der Waals surface area (Å²) >= 11 is 0. The molecule has 1 aliphatic rings. The minimum atomic E-state index is -2.39. The fourth-order valence-corrected chi connectivity index (χ4v) is 4.12.